The van der Waals surface area contributed by atoms with Gasteiger partial charge in [-0.05, 0) is 36.4 Å². The SMILES string of the molecule is COC(OC)C1Nc2ccccc2C(=O)N1c1ccc(F)cc1. The number of ether oxygens (including phenoxy) is 2. The van der Waals surface area contributed by atoms with E-state index in [1.54, 1.807) is 24.3 Å². The number of nitrogens with zero attached hydrogens (tertiary/aromatic N) is 1. The average molecular weight is 316 g/mol. The van der Waals surface area contributed by atoms with Gasteiger partial charge < -0.3 is 14.8 Å². The van der Waals surface area contributed by atoms with Crippen LogP contribution in [-0.4, -0.2) is 32.6 Å². The molecule has 1 aliphatic rings. The van der Waals surface area contributed by atoms with Crippen LogP contribution < -0.4 is 10.2 Å². The maximum Gasteiger partial charge on any atom is 0.262 e. The van der Waals surface area contributed by atoms with Gasteiger partial charge in [0.1, 0.15) is 5.82 Å². The van der Waals surface area contributed by atoms with Gasteiger partial charge >= 0.3 is 0 Å². The minimum absolute atomic E-state index is 0.199. The standard InChI is InChI=1S/C17H17FN2O3/c1-22-17(23-2)15-19-14-6-4-3-5-13(14)16(21)20(15)12-9-7-11(18)8-10-12/h3-10,15,17,19H,1-2H3. The molecule has 120 valence electrons. The van der Waals surface area contributed by atoms with Crippen LogP contribution in [0.25, 0.3) is 0 Å². The molecule has 0 fully saturated rings. The normalized spacial score (nSPS) is 17.1. The minimum Gasteiger partial charge on any atom is -0.360 e. The molecule has 1 unspecified atom stereocenters. The molecule has 5 nitrogen and oxygen atoms in total. The summed E-state index contributed by atoms with van der Waals surface area (Å²) in [6, 6.07) is 12.9. The molecule has 0 saturated carbocycles. The van der Waals surface area contributed by atoms with E-state index >= 15 is 0 Å². The number of nitrogens with one attached hydrogen (secondary N) is 1. The Bertz CT molecular complexity index is 701. The molecular formula is C17H17FN2O3. The third kappa shape index (κ3) is 2.78. The van der Waals surface area contributed by atoms with E-state index in [0.717, 1.165) is 0 Å². The van der Waals surface area contributed by atoms with E-state index in [-0.39, 0.29) is 11.7 Å². The quantitative estimate of drug-likeness (QED) is 0.881. The lowest BCUT2D eigenvalue weighted by Gasteiger charge is -2.40. The number of carbonyl (C=O) groups excluding carboxylic acids is 1. The zero-order valence-electron chi connectivity index (χ0n) is 12.8. The van der Waals surface area contributed by atoms with Crippen molar-refractivity contribution in [2.75, 3.05) is 24.4 Å². The second kappa shape index (κ2) is 6.36. The van der Waals surface area contributed by atoms with E-state index in [2.05, 4.69) is 5.32 Å². The van der Waals surface area contributed by atoms with Crippen molar-refractivity contribution in [2.24, 2.45) is 0 Å². The fraction of sp³-hybridized carbons (Fsp3) is 0.235. The fourth-order valence-corrected chi connectivity index (χ4v) is 2.70. The van der Waals surface area contributed by atoms with Crippen LogP contribution >= 0.6 is 0 Å². The first-order valence-corrected chi connectivity index (χ1v) is 7.16. The summed E-state index contributed by atoms with van der Waals surface area (Å²) in [5.74, 6) is -0.562. The van der Waals surface area contributed by atoms with Crippen LogP contribution in [0.5, 0.6) is 0 Å². The van der Waals surface area contributed by atoms with Crippen molar-refractivity contribution in [1.29, 1.82) is 0 Å². The largest absolute Gasteiger partial charge is 0.360 e. The van der Waals surface area contributed by atoms with E-state index in [1.807, 2.05) is 12.1 Å². The molecule has 0 aromatic heterocycles. The van der Waals surface area contributed by atoms with Crippen LogP contribution in [0.4, 0.5) is 15.8 Å². The van der Waals surface area contributed by atoms with E-state index in [1.165, 1.54) is 31.3 Å². The third-order valence-electron chi connectivity index (χ3n) is 3.79. The number of benzene rings is 2. The molecule has 0 bridgehead atoms. The highest BCUT2D eigenvalue weighted by Gasteiger charge is 2.38. The number of fused-ring (bicyclic) bond motifs is 1. The number of anilines is 2. The summed E-state index contributed by atoms with van der Waals surface area (Å²) in [4.78, 5) is 14.4. The predicted molar refractivity (Wildman–Crippen MR) is 84.9 cm³/mol. The van der Waals surface area contributed by atoms with Crippen molar-refractivity contribution in [1.82, 2.24) is 0 Å². The lowest BCUT2D eigenvalue weighted by atomic mass is 10.1. The summed E-state index contributed by atoms with van der Waals surface area (Å²) in [7, 11) is 3.01. The van der Waals surface area contributed by atoms with Crippen LogP contribution in [-0.2, 0) is 9.47 Å². The number of amides is 1. The van der Waals surface area contributed by atoms with Crippen molar-refractivity contribution in [3.05, 3.63) is 59.9 Å². The highest BCUT2D eigenvalue weighted by Crippen LogP contribution is 2.31. The molecule has 2 aromatic carbocycles. The van der Waals surface area contributed by atoms with Gasteiger partial charge in [-0.25, -0.2) is 4.39 Å². The lowest BCUT2D eigenvalue weighted by molar-refractivity contribution is -0.111. The number of carbonyl (C=O) groups is 1. The fourth-order valence-electron chi connectivity index (χ4n) is 2.70. The van der Waals surface area contributed by atoms with Crippen LogP contribution in [0.15, 0.2) is 48.5 Å². The number of hydrogen-bond donors (Lipinski definition) is 1. The third-order valence-corrected chi connectivity index (χ3v) is 3.79. The molecule has 0 saturated heterocycles. The Hall–Kier alpha value is -2.44. The van der Waals surface area contributed by atoms with Crippen LogP contribution in [0.2, 0.25) is 0 Å². The van der Waals surface area contributed by atoms with Gasteiger partial charge in [0, 0.05) is 25.6 Å². The molecule has 1 N–H and O–H groups in total. The Balaban J connectivity index is 2.08. The smallest absolute Gasteiger partial charge is 0.262 e. The number of rotatable bonds is 4. The van der Waals surface area contributed by atoms with Crippen LogP contribution in [0.1, 0.15) is 10.4 Å². The van der Waals surface area contributed by atoms with Gasteiger partial charge in [-0.1, -0.05) is 12.1 Å². The molecule has 1 aliphatic heterocycles. The Labute approximate surface area is 133 Å². The zero-order valence-corrected chi connectivity index (χ0v) is 12.8. The van der Waals surface area contributed by atoms with Crippen molar-refractivity contribution in [3.63, 3.8) is 0 Å². The minimum atomic E-state index is -0.683. The summed E-state index contributed by atoms with van der Waals surface area (Å²) in [6.45, 7) is 0. The predicted octanol–water partition coefficient (Wildman–Crippen LogP) is 2.84. The zero-order chi connectivity index (χ0) is 16.4. The summed E-state index contributed by atoms with van der Waals surface area (Å²) < 4.78 is 23.9. The van der Waals surface area contributed by atoms with E-state index < -0.39 is 12.5 Å². The van der Waals surface area contributed by atoms with Gasteiger partial charge in [-0.2, -0.15) is 0 Å². The molecule has 3 rings (SSSR count). The van der Waals surface area contributed by atoms with E-state index in [0.29, 0.717) is 16.9 Å². The summed E-state index contributed by atoms with van der Waals surface area (Å²) in [6.07, 6.45) is -1.25. The monoisotopic (exact) mass is 316 g/mol. The second-order valence-corrected chi connectivity index (χ2v) is 5.13. The molecular weight excluding hydrogens is 299 g/mol. The Morgan fingerprint density at radius 1 is 1.09 bits per heavy atom. The first-order valence-electron chi connectivity index (χ1n) is 7.16. The van der Waals surface area contributed by atoms with Gasteiger partial charge in [-0.3, -0.25) is 9.69 Å². The lowest BCUT2D eigenvalue weighted by Crippen LogP contribution is -2.56. The van der Waals surface area contributed by atoms with E-state index in [9.17, 15) is 9.18 Å². The van der Waals surface area contributed by atoms with Crippen molar-refractivity contribution >= 4 is 17.3 Å². The van der Waals surface area contributed by atoms with Gasteiger partial charge in [0.15, 0.2) is 12.5 Å². The van der Waals surface area contributed by atoms with Crippen molar-refractivity contribution in [2.45, 2.75) is 12.5 Å². The molecule has 0 radical (unpaired) electrons. The maximum absolute atomic E-state index is 13.2. The van der Waals surface area contributed by atoms with Gasteiger partial charge in [0.05, 0.1) is 5.56 Å². The first kappa shape index (κ1) is 15.5. The molecule has 2 aromatic rings. The molecule has 6 heteroatoms. The van der Waals surface area contributed by atoms with Crippen LogP contribution in [0.3, 0.4) is 0 Å². The van der Waals surface area contributed by atoms with E-state index in [4.69, 9.17) is 9.47 Å². The number of hydrogen-bond acceptors (Lipinski definition) is 4. The van der Waals surface area contributed by atoms with Gasteiger partial charge in [0.25, 0.3) is 5.91 Å². The first-order chi connectivity index (χ1) is 11.2. The van der Waals surface area contributed by atoms with Crippen LogP contribution in [0, 0.1) is 5.82 Å². The van der Waals surface area contributed by atoms with Crippen molar-refractivity contribution < 1.29 is 18.7 Å². The number of methoxy groups -OCH3 is 2. The molecule has 23 heavy (non-hydrogen) atoms. The molecule has 1 amide bonds. The second-order valence-electron chi connectivity index (χ2n) is 5.13. The van der Waals surface area contributed by atoms with Gasteiger partial charge in [0.2, 0.25) is 0 Å². The topological polar surface area (TPSA) is 50.8 Å². The number of halogens is 1. The molecule has 1 heterocycles. The average Bonchev–Trinajstić information content (AvgIpc) is 2.57. The highest BCUT2D eigenvalue weighted by molar-refractivity contribution is 6.12. The molecule has 1 atom stereocenters. The Kier molecular flexibility index (Phi) is 4.27. The number of para-hydroxylation sites is 1. The highest BCUT2D eigenvalue weighted by atomic mass is 19.1. The summed E-state index contributed by atoms with van der Waals surface area (Å²) in [5.41, 5.74) is 1.81. The Morgan fingerprint density at radius 3 is 2.39 bits per heavy atom. The summed E-state index contributed by atoms with van der Waals surface area (Å²) in [5, 5.41) is 3.25. The van der Waals surface area contributed by atoms with Crippen molar-refractivity contribution in [3.8, 4) is 0 Å². The molecule has 0 spiro atoms. The van der Waals surface area contributed by atoms with Gasteiger partial charge in [-0.15, -0.1) is 0 Å². The summed E-state index contributed by atoms with van der Waals surface area (Å²) >= 11 is 0. The Morgan fingerprint density at radius 2 is 1.74 bits per heavy atom. The molecule has 0 aliphatic carbocycles. The maximum atomic E-state index is 13.2.